The lowest BCUT2D eigenvalue weighted by Crippen LogP contribution is -2.34. The lowest BCUT2D eigenvalue weighted by Gasteiger charge is -2.15. The smallest absolute Gasteiger partial charge is 0.329 e. The molecule has 0 fully saturated rings. The van der Waals surface area contributed by atoms with Gasteiger partial charge < -0.3 is 5.73 Å². The van der Waals surface area contributed by atoms with E-state index in [1.54, 1.807) is 7.05 Å². The van der Waals surface area contributed by atoms with Gasteiger partial charge in [-0.2, -0.15) is 4.98 Å². The molecule has 19 heavy (non-hydrogen) atoms. The lowest BCUT2D eigenvalue weighted by atomic mass is 10.1. The molecule has 0 aliphatic carbocycles. The quantitative estimate of drug-likeness (QED) is 0.618. The first-order valence-electron chi connectivity index (χ1n) is 5.71. The zero-order valence-electron chi connectivity index (χ0n) is 10.4. The molecule has 100 valence electrons. The standard InChI is InChI=1S/C12H14N4O2S/c1-16-12(14-10(17)11(18)15-16)19-9(7-13)8-5-3-2-4-6-8/h2-6,9H,7,13H2,1H3,(H,15,18). The van der Waals surface area contributed by atoms with Gasteiger partial charge in [0.1, 0.15) is 0 Å². The van der Waals surface area contributed by atoms with Crippen LogP contribution < -0.4 is 16.9 Å². The van der Waals surface area contributed by atoms with Crippen LogP contribution in [0.1, 0.15) is 10.8 Å². The van der Waals surface area contributed by atoms with Gasteiger partial charge in [-0.3, -0.25) is 19.4 Å². The fourth-order valence-corrected chi connectivity index (χ4v) is 2.60. The van der Waals surface area contributed by atoms with Gasteiger partial charge in [0.15, 0.2) is 5.16 Å². The molecule has 0 saturated carbocycles. The van der Waals surface area contributed by atoms with E-state index < -0.39 is 11.1 Å². The number of thioether (sulfide) groups is 1. The van der Waals surface area contributed by atoms with E-state index in [1.165, 1.54) is 16.4 Å². The van der Waals surface area contributed by atoms with Crippen LogP contribution in [0.3, 0.4) is 0 Å². The summed E-state index contributed by atoms with van der Waals surface area (Å²) in [6, 6.07) is 9.72. The van der Waals surface area contributed by atoms with Gasteiger partial charge in [0.25, 0.3) is 0 Å². The van der Waals surface area contributed by atoms with Gasteiger partial charge in [0.2, 0.25) is 0 Å². The Hall–Kier alpha value is -1.86. The van der Waals surface area contributed by atoms with Crippen molar-refractivity contribution in [2.75, 3.05) is 6.54 Å². The summed E-state index contributed by atoms with van der Waals surface area (Å²) >= 11 is 1.35. The Morgan fingerprint density at radius 3 is 2.68 bits per heavy atom. The van der Waals surface area contributed by atoms with Crippen molar-refractivity contribution in [2.24, 2.45) is 12.8 Å². The monoisotopic (exact) mass is 278 g/mol. The summed E-state index contributed by atoms with van der Waals surface area (Å²) in [5.41, 5.74) is 5.30. The molecule has 0 spiro atoms. The van der Waals surface area contributed by atoms with Gasteiger partial charge in [-0.05, 0) is 5.56 Å². The van der Waals surface area contributed by atoms with Crippen molar-refractivity contribution >= 4 is 11.8 Å². The van der Waals surface area contributed by atoms with Crippen molar-refractivity contribution < 1.29 is 0 Å². The number of hydrogen-bond donors (Lipinski definition) is 2. The second kappa shape index (κ2) is 5.85. The van der Waals surface area contributed by atoms with Crippen molar-refractivity contribution in [1.82, 2.24) is 14.8 Å². The highest BCUT2D eigenvalue weighted by Gasteiger charge is 2.14. The highest BCUT2D eigenvalue weighted by atomic mass is 32.2. The summed E-state index contributed by atoms with van der Waals surface area (Å²) in [6.45, 7) is 0.406. The van der Waals surface area contributed by atoms with E-state index in [0.29, 0.717) is 11.7 Å². The summed E-state index contributed by atoms with van der Waals surface area (Å²) in [7, 11) is 1.63. The summed E-state index contributed by atoms with van der Waals surface area (Å²) in [5.74, 6) is 0. The van der Waals surface area contributed by atoms with E-state index in [9.17, 15) is 9.59 Å². The molecule has 0 amide bonds. The van der Waals surface area contributed by atoms with Gasteiger partial charge in [0, 0.05) is 18.8 Å². The molecule has 0 aliphatic heterocycles. The summed E-state index contributed by atoms with van der Waals surface area (Å²) in [6.07, 6.45) is 0. The molecule has 1 heterocycles. The van der Waals surface area contributed by atoms with Crippen LogP contribution in [0, 0.1) is 0 Å². The lowest BCUT2D eigenvalue weighted by molar-refractivity contribution is 0.595. The summed E-state index contributed by atoms with van der Waals surface area (Å²) in [5, 5.41) is 2.82. The van der Waals surface area contributed by atoms with Crippen molar-refractivity contribution in [3.05, 3.63) is 56.6 Å². The predicted molar refractivity (Wildman–Crippen MR) is 74.2 cm³/mol. The molecule has 1 aromatic heterocycles. The minimum absolute atomic E-state index is 0.0230. The molecule has 1 unspecified atom stereocenters. The van der Waals surface area contributed by atoms with E-state index in [-0.39, 0.29) is 5.25 Å². The number of aromatic amines is 1. The SMILES string of the molecule is Cn1[nH]c(=O)c(=O)nc1SC(CN)c1ccccc1. The second-order valence-electron chi connectivity index (χ2n) is 3.95. The first-order valence-corrected chi connectivity index (χ1v) is 6.59. The van der Waals surface area contributed by atoms with E-state index in [2.05, 4.69) is 10.1 Å². The van der Waals surface area contributed by atoms with Crippen LogP contribution in [0.25, 0.3) is 0 Å². The van der Waals surface area contributed by atoms with E-state index in [1.807, 2.05) is 30.3 Å². The molecule has 2 rings (SSSR count). The minimum Gasteiger partial charge on any atom is -0.329 e. The Bertz CT molecular complexity index is 665. The Morgan fingerprint density at radius 1 is 1.37 bits per heavy atom. The van der Waals surface area contributed by atoms with Crippen molar-refractivity contribution in [3.63, 3.8) is 0 Å². The maximum absolute atomic E-state index is 11.3. The number of H-pyrrole nitrogens is 1. The van der Waals surface area contributed by atoms with E-state index in [4.69, 9.17) is 5.73 Å². The average molecular weight is 278 g/mol. The molecule has 2 aromatic rings. The number of benzene rings is 1. The molecule has 7 heteroatoms. The predicted octanol–water partition coefficient (Wildman–Crippen LogP) is 0.261. The van der Waals surface area contributed by atoms with Crippen molar-refractivity contribution in [2.45, 2.75) is 10.4 Å². The molecule has 1 aromatic carbocycles. The van der Waals surface area contributed by atoms with Gasteiger partial charge >= 0.3 is 11.1 Å². The Labute approximate surface area is 113 Å². The first kappa shape index (κ1) is 13.6. The number of nitrogens with one attached hydrogen (secondary N) is 1. The van der Waals surface area contributed by atoms with E-state index in [0.717, 1.165) is 5.56 Å². The summed E-state index contributed by atoms with van der Waals surface area (Å²) in [4.78, 5) is 26.2. The highest BCUT2D eigenvalue weighted by Crippen LogP contribution is 2.31. The van der Waals surface area contributed by atoms with Crippen molar-refractivity contribution in [3.8, 4) is 0 Å². The summed E-state index contributed by atoms with van der Waals surface area (Å²) < 4.78 is 1.43. The van der Waals surface area contributed by atoms with Crippen LogP contribution in [0.4, 0.5) is 0 Å². The largest absolute Gasteiger partial charge is 0.339 e. The second-order valence-corrected chi connectivity index (χ2v) is 5.12. The first-order chi connectivity index (χ1) is 9.11. The molecular formula is C12H14N4O2S. The Balaban J connectivity index is 2.32. The average Bonchev–Trinajstić information content (AvgIpc) is 2.42. The van der Waals surface area contributed by atoms with Gasteiger partial charge in [-0.1, -0.05) is 42.1 Å². The minimum atomic E-state index is -0.788. The molecule has 3 N–H and O–H groups in total. The number of hydrogen-bond acceptors (Lipinski definition) is 5. The van der Waals surface area contributed by atoms with Crippen LogP contribution in [-0.4, -0.2) is 21.3 Å². The maximum Gasteiger partial charge on any atom is 0.339 e. The number of nitrogens with zero attached hydrogens (tertiary/aromatic N) is 2. The number of nitrogens with two attached hydrogens (primary N) is 1. The topological polar surface area (TPSA) is 93.8 Å². The molecule has 0 radical (unpaired) electrons. The van der Waals surface area contributed by atoms with Crippen LogP contribution in [0.2, 0.25) is 0 Å². The Kier molecular flexibility index (Phi) is 4.18. The third-order valence-corrected chi connectivity index (χ3v) is 3.91. The number of aromatic nitrogens is 3. The van der Waals surface area contributed by atoms with Crippen LogP contribution in [0.5, 0.6) is 0 Å². The fourth-order valence-electron chi connectivity index (χ4n) is 1.61. The van der Waals surface area contributed by atoms with Crippen LogP contribution in [0.15, 0.2) is 45.1 Å². The van der Waals surface area contributed by atoms with E-state index >= 15 is 0 Å². The maximum atomic E-state index is 11.3. The number of aryl methyl sites for hydroxylation is 1. The molecule has 0 aliphatic rings. The fraction of sp³-hybridized carbons (Fsp3) is 0.250. The van der Waals surface area contributed by atoms with Gasteiger partial charge in [-0.15, -0.1) is 0 Å². The van der Waals surface area contributed by atoms with Crippen molar-refractivity contribution in [1.29, 1.82) is 0 Å². The van der Waals surface area contributed by atoms with Gasteiger partial charge in [0.05, 0.1) is 0 Å². The normalized spacial score (nSPS) is 12.3. The molecule has 1 atom stereocenters. The molecule has 0 bridgehead atoms. The molecular weight excluding hydrogens is 264 g/mol. The molecule has 0 saturated heterocycles. The number of rotatable bonds is 4. The van der Waals surface area contributed by atoms with Crippen LogP contribution in [-0.2, 0) is 7.05 Å². The van der Waals surface area contributed by atoms with Crippen LogP contribution >= 0.6 is 11.8 Å². The van der Waals surface area contributed by atoms with Gasteiger partial charge in [-0.25, -0.2) is 0 Å². The molecule has 6 nitrogen and oxygen atoms in total. The zero-order valence-corrected chi connectivity index (χ0v) is 11.2. The third kappa shape index (κ3) is 3.12. The third-order valence-electron chi connectivity index (χ3n) is 2.58. The highest BCUT2D eigenvalue weighted by molar-refractivity contribution is 7.99. The Morgan fingerprint density at radius 2 is 2.05 bits per heavy atom. The zero-order chi connectivity index (χ0) is 13.8.